The van der Waals surface area contributed by atoms with E-state index in [1.54, 1.807) is 0 Å². The molecule has 0 radical (unpaired) electrons. The lowest BCUT2D eigenvalue weighted by atomic mass is 10.3. The second-order valence-corrected chi connectivity index (χ2v) is 5.79. The summed E-state index contributed by atoms with van der Waals surface area (Å²) in [7, 11) is 1.00. The van der Waals surface area contributed by atoms with Gasteiger partial charge in [0, 0.05) is 14.3 Å². The van der Waals surface area contributed by atoms with Crippen LogP contribution in [-0.4, -0.2) is 8.42 Å². The van der Waals surface area contributed by atoms with Gasteiger partial charge >= 0.3 is 0 Å². The largest absolute Gasteiger partial charge is 0.264 e. The van der Waals surface area contributed by atoms with Gasteiger partial charge in [0.1, 0.15) is 10.7 Å². The number of halogens is 3. The SMILES string of the molecule is O=S(=O)(Cl)c1cc(I)ccc1F. The lowest BCUT2D eigenvalue weighted by Crippen LogP contribution is -1.95. The molecule has 1 aromatic rings. The lowest BCUT2D eigenvalue weighted by molar-refractivity contribution is 0.575. The summed E-state index contributed by atoms with van der Waals surface area (Å²) in [4.78, 5) is -0.476. The van der Waals surface area contributed by atoms with Gasteiger partial charge in [0.05, 0.1) is 0 Å². The van der Waals surface area contributed by atoms with Gasteiger partial charge in [-0.15, -0.1) is 0 Å². The molecule has 0 spiro atoms. The number of rotatable bonds is 1. The minimum Gasteiger partial charge on any atom is -0.207 e. The molecule has 0 saturated heterocycles. The minimum atomic E-state index is -3.96. The molecule has 0 saturated carbocycles. The first kappa shape index (κ1) is 10.2. The van der Waals surface area contributed by atoms with Crippen LogP contribution in [0.3, 0.4) is 0 Å². The first-order valence-electron chi connectivity index (χ1n) is 2.81. The lowest BCUT2D eigenvalue weighted by Gasteiger charge is -1.98. The molecule has 2 nitrogen and oxygen atoms in total. The van der Waals surface area contributed by atoms with E-state index in [9.17, 15) is 12.8 Å². The van der Waals surface area contributed by atoms with Gasteiger partial charge in [-0.3, -0.25) is 0 Å². The summed E-state index contributed by atoms with van der Waals surface area (Å²) in [6, 6.07) is 3.71. The fourth-order valence-electron chi connectivity index (χ4n) is 0.664. The Hall–Kier alpha value is 0.120. The Morgan fingerprint density at radius 2 is 2.00 bits per heavy atom. The smallest absolute Gasteiger partial charge is 0.207 e. The third-order valence-corrected chi connectivity index (χ3v) is 3.16. The molecule has 1 rings (SSSR count). The monoisotopic (exact) mass is 320 g/mol. The zero-order valence-corrected chi connectivity index (χ0v) is 9.32. The molecule has 0 bridgehead atoms. The van der Waals surface area contributed by atoms with Crippen LogP contribution in [0.5, 0.6) is 0 Å². The van der Waals surface area contributed by atoms with Gasteiger partial charge in [0.15, 0.2) is 0 Å². The van der Waals surface area contributed by atoms with Gasteiger partial charge in [-0.25, -0.2) is 12.8 Å². The fourth-order valence-corrected chi connectivity index (χ4v) is 2.29. The molecule has 66 valence electrons. The van der Waals surface area contributed by atoms with Gasteiger partial charge in [0.25, 0.3) is 9.05 Å². The van der Waals surface area contributed by atoms with Crippen LogP contribution in [0.1, 0.15) is 0 Å². The predicted octanol–water partition coefficient (Wildman–Crippen LogP) is 2.36. The maximum Gasteiger partial charge on any atom is 0.264 e. The van der Waals surface area contributed by atoms with E-state index < -0.39 is 19.8 Å². The van der Waals surface area contributed by atoms with Crippen molar-refractivity contribution in [1.82, 2.24) is 0 Å². The second kappa shape index (κ2) is 3.47. The van der Waals surface area contributed by atoms with Crippen molar-refractivity contribution in [3.8, 4) is 0 Å². The predicted molar refractivity (Wildman–Crippen MR) is 52.2 cm³/mol. The highest BCUT2D eigenvalue weighted by Crippen LogP contribution is 2.20. The topological polar surface area (TPSA) is 34.1 Å². The van der Waals surface area contributed by atoms with Crippen LogP contribution in [0.2, 0.25) is 0 Å². The van der Waals surface area contributed by atoms with E-state index in [1.807, 2.05) is 22.6 Å². The summed E-state index contributed by atoms with van der Waals surface area (Å²) in [5.41, 5.74) is 0. The minimum absolute atomic E-state index is 0.476. The van der Waals surface area contributed by atoms with Gasteiger partial charge in [-0.2, -0.15) is 0 Å². The molecule has 0 aliphatic carbocycles. The van der Waals surface area contributed by atoms with Crippen molar-refractivity contribution < 1.29 is 12.8 Å². The molecule has 0 atom stereocenters. The molecule has 0 unspecified atom stereocenters. The molecule has 0 amide bonds. The Kier molecular flexibility index (Phi) is 2.95. The average molecular weight is 321 g/mol. The molecule has 0 aliphatic rings. The van der Waals surface area contributed by atoms with Crippen LogP contribution in [-0.2, 0) is 9.05 Å². The number of hydrogen-bond acceptors (Lipinski definition) is 2. The molecular weight excluding hydrogens is 317 g/mol. The Labute approximate surface area is 87.3 Å². The number of hydrogen-bond donors (Lipinski definition) is 0. The molecule has 1 aromatic carbocycles. The van der Waals surface area contributed by atoms with Crippen molar-refractivity contribution >= 4 is 42.3 Å². The van der Waals surface area contributed by atoms with E-state index in [1.165, 1.54) is 12.1 Å². The van der Waals surface area contributed by atoms with Gasteiger partial charge in [-0.1, -0.05) is 0 Å². The Morgan fingerprint density at radius 3 is 2.42 bits per heavy atom. The Morgan fingerprint density at radius 1 is 1.42 bits per heavy atom. The molecule has 0 N–H and O–H groups in total. The summed E-state index contributed by atoms with van der Waals surface area (Å²) in [5, 5.41) is 0. The van der Waals surface area contributed by atoms with Crippen LogP contribution in [0.4, 0.5) is 4.39 Å². The van der Waals surface area contributed by atoms with Crippen molar-refractivity contribution in [2.24, 2.45) is 0 Å². The summed E-state index contributed by atoms with van der Waals surface area (Å²) in [6.07, 6.45) is 0. The van der Waals surface area contributed by atoms with Crippen LogP contribution in [0.15, 0.2) is 23.1 Å². The zero-order chi connectivity index (χ0) is 9.35. The van der Waals surface area contributed by atoms with E-state index in [2.05, 4.69) is 0 Å². The molecule has 0 aliphatic heterocycles. The summed E-state index contributed by atoms with van der Waals surface area (Å²) in [5.74, 6) is -0.828. The summed E-state index contributed by atoms with van der Waals surface area (Å²) >= 11 is 1.87. The Bertz CT molecular complexity index is 404. The quantitative estimate of drug-likeness (QED) is 0.588. The average Bonchev–Trinajstić information content (AvgIpc) is 1.92. The summed E-state index contributed by atoms with van der Waals surface area (Å²) < 4.78 is 34.9. The number of benzene rings is 1. The highest BCUT2D eigenvalue weighted by Gasteiger charge is 2.15. The van der Waals surface area contributed by atoms with Crippen molar-refractivity contribution in [3.05, 3.63) is 27.6 Å². The molecule has 0 fully saturated rings. The van der Waals surface area contributed by atoms with Crippen LogP contribution in [0.25, 0.3) is 0 Å². The first-order chi connectivity index (χ1) is 5.41. The highest BCUT2D eigenvalue weighted by molar-refractivity contribution is 14.1. The first-order valence-corrected chi connectivity index (χ1v) is 6.20. The third-order valence-electron chi connectivity index (χ3n) is 1.16. The van der Waals surface area contributed by atoms with Crippen LogP contribution < -0.4 is 0 Å². The van der Waals surface area contributed by atoms with Gasteiger partial charge in [0.2, 0.25) is 0 Å². The van der Waals surface area contributed by atoms with E-state index in [4.69, 9.17) is 10.7 Å². The van der Waals surface area contributed by atoms with Crippen molar-refractivity contribution in [1.29, 1.82) is 0 Å². The van der Waals surface area contributed by atoms with Gasteiger partial charge < -0.3 is 0 Å². The standard InChI is InChI=1S/C6H3ClFIO2S/c7-12(10,11)6-3-4(9)1-2-5(6)8/h1-3H. The maximum atomic E-state index is 12.8. The highest BCUT2D eigenvalue weighted by atomic mass is 127. The van der Waals surface area contributed by atoms with Crippen LogP contribution in [0, 0.1) is 9.39 Å². The van der Waals surface area contributed by atoms with E-state index >= 15 is 0 Å². The molecule has 0 aromatic heterocycles. The van der Waals surface area contributed by atoms with Gasteiger partial charge in [-0.05, 0) is 40.8 Å². The molecular formula is C6H3ClFIO2S. The summed E-state index contributed by atoms with van der Waals surface area (Å²) in [6.45, 7) is 0. The molecule has 12 heavy (non-hydrogen) atoms. The zero-order valence-electron chi connectivity index (χ0n) is 5.59. The molecule has 0 heterocycles. The van der Waals surface area contributed by atoms with Crippen molar-refractivity contribution in [2.45, 2.75) is 4.90 Å². The maximum absolute atomic E-state index is 12.8. The van der Waals surface area contributed by atoms with Crippen molar-refractivity contribution in [3.63, 3.8) is 0 Å². The Balaban J connectivity index is 3.43. The van der Waals surface area contributed by atoms with E-state index in [-0.39, 0.29) is 0 Å². The van der Waals surface area contributed by atoms with E-state index in [0.717, 1.165) is 6.07 Å². The third kappa shape index (κ3) is 2.30. The molecule has 6 heteroatoms. The van der Waals surface area contributed by atoms with Crippen molar-refractivity contribution in [2.75, 3.05) is 0 Å². The van der Waals surface area contributed by atoms with Crippen LogP contribution >= 0.6 is 33.3 Å². The normalized spacial score (nSPS) is 11.6. The fraction of sp³-hybridized carbons (Fsp3) is 0. The second-order valence-electron chi connectivity index (χ2n) is 2.01. The van der Waals surface area contributed by atoms with E-state index in [0.29, 0.717) is 3.57 Å².